The molecule has 1 aromatic carbocycles. The van der Waals surface area contributed by atoms with Crippen molar-refractivity contribution in [2.45, 2.75) is 6.92 Å². The summed E-state index contributed by atoms with van der Waals surface area (Å²) in [5.74, 6) is 0.642. The summed E-state index contributed by atoms with van der Waals surface area (Å²) in [5, 5.41) is 6.85. The van der Waals surface area contributed by atoms with Crippen LogP contribution in [-0.4, -0.2) is 42.3 Å². The number of thiocarbonyl (C=S) groups is 1. The second-order valence-electron chi connectivity index (χ2n) is 6.16. The number of hydrogen-bond acceptors (Lipinski definition) is 5. The largest absolute Gasteiger partial charge is 0.378 e. The van der Waals surface area contributed by atoms with E-state index in [2.05, 4.69) is 46.7 Å². The number of aromatic nitrogens is 1. The lowest BCUT2D eigenvalue weighted by atomic mass is 10.1. The van der Waals surface area contributed by atoms with Gasteiger partial charge in [-0.2, -0.15) is 0 Å². The van der Waals surface area contributed by atoms with Crippen molar-refractivity contribution in [2.24, 2.45) is 0 Å². The third kappa shape index (κ3) is 3.20. The summed E-state index contributed by atoms with van der Waals surface area (Å²) in [4.78, 5) is 19.1. The molecule has 2 saturated heterocycles. The van der Waals surface area contributed by atoms with E-state index in [0.29, 0.717) is 24.0 Å². The minimum atomic E-state index is -0.220. The minimum Gasteiger partial charge on any atom is -0.378 e. The van der Waals surface area contributed by atoms with E-state index in [4.69, 9.17) is 21.9 Å². The quantitative estimate of drug-likeness (QED) is 0.632. The average Bonchev–Trinajstić information content (AvgIpc) is 2.92. The molecule has 0 unspecified atom stereocenters. The first-order valence-electron chi connectivity index (χ1n) is 8.18. The fraction of sp³-hybridized carbons (Fsp3) is 0.278. The van der Waals surface area contributed by atoms with Crippen LogP contribution in [0.1, 0.15) is 11.1 Å². The number of benzene rings is 1. The molecular formula is C18H18N4O2S. The molecule has 128 valence electrons. The second-order valence-corrected chi connectivity index (χ2v) is 6.57. The van der Waals surface area contributed by atoms with Gasteiger partial charge < -0.3 is 15.0 Å². The summed E-state index contributed by atoms with van der Waals surface area (Å²) in [6.07, 6.45) is 1.81. The monoisotopic (exact) mass is 354 g/mol. The molecule has 1 aromatic heterocycles. The van der Waals surface area contributed by atoms with Crippen LogP contribution < -0.4 is 15.5 Å². The van der Waals surface area contributed by atoms with Gasteiger partial charge in [-0.1, -0.05) is 12.1 Å². The highest BCUT2D eigenvalue weighted by Crippen LogP contribution is 2.27. The number of carbonyl (C=O) groups is 1. The molecule has 2 aliphatic heterocycles. The lowest BCUT2D eigenvalue weighted by Crippen LogP contribution is -2.37. The van der Waals surface area contributed by atoms with Crippen LogP contribution in [0.5, 0.6) is 0 Å². The van der Waals surface area contributed by atoms with Gasteiger partial charge in [-0.3, -0.25) is 10.1 Å². The Bertz CT molecular complexity index is 903. The maximum atomic E-state index is 12.0. The number of anilines is 1. The molecular weight excluding hydrogens is 336 g/mol. The van der Waals surface area contributed by atoms with Crippen molar-refractivity contribution in [1.82, 2.24) is 15.6 Å². The van der Waals surface area contributed by atoms with Crippen LogP contribution in [0, 0.1) is 6.92 Å². The van der Waals surface area contributed by atoms with Crippen LogP contribution in [0.4, 0.5) is 5.82 Å². The van der Waals surface area contributed by atoms with E-state index < -0.39 is 0 Å². The zero-order valence-corrected chi connectivity index (χ0v) is 14.7. The van der Waals surface area contributed by atoms with E-state index in [1.807, 2.05) is 6.08 Å². The molecule has 25 heavy (non-hydrogen) atoms. The number of hydrogen-bond donors (Lipinski definition) is 2. The molecule has 0 radical (unpaired) electrons. The number of carbonyl (C=O) groups excluding carboxylic acids is 1. The van der Waals surface area contributed by atoms with Crippen LogP contribution in [0.2, 0.25) is 0 Å². The lowest BCUT2D eigenvalue weighted by molar-refractivity contribution is -0.115. The smallest absolute Gasteiger partial charge is 0.273 e. The number of nitrogens with one attached hydrogen (secondary N) is 2. The molecule has 0 saturated carbocycles. The molecule has 0 aliphatic carbocycles. The molecule has 3 heterocycles. The fourth-order valence-electron chi connectivity index (χ4n) is 3.06. The van der Waals surface area contributed by atoms with Gasteiger partial charge in [-0.25, -0.2) is 4.98 Å². The van der Waals surface area contributed by atoms with Crippen LogP contribution in [-0.2, 0) is 9.53 Å². The Kier molecular flexibility index (Phi) is 4.10. The maximum absolute atomic E-state index is 12.0. The average molecular weight is 354 g/mol. The summed E-state index contributed by atoms with van der Waals surface area (Å²) in [7, 11) is 0. The van der Waals surface area contributed by atoms with E-state index in [1.165, 1.54) is 5.56 Å². The zero-order chi connectivity index (χ0) is 17.4. The summed E-state index contributed by atoms with van der Waals surface area (Å²) in [5.41, 5.74) is 3.44. The van der Waals surface area contributed by atoms with Crippen LogP contribution in [0.15, 0.2) is 30.0 Å². The first-order valence-corrected chi connectivity index (χ1v) is 8.59. The third-order valence-electron chi connectivity index (χ3n) is 4.31. The molecule has 0 atom stereocenters. The van der Waals surface area contributed by atoms with Gasteiger partial charge in [0.15, 0.2) is 5.11 Å². The Labute approximate surface area is 150 Å². The normalized spacial score (nSPS) is 19.4. The van der Waals surface area contributed by atoms with E-state index in [0.717, 1.165) is 35.4 Å². The first kappa shape index (κ1) is 16.0. The SMILES string of the molecule is Cc1ccc2cc(C=C3NC(=S)NC3=O)c(N3CCOCC3)nc2c1. The van der Waals surface area contributed by atoms with E-state index in [9.17, 15) is 4.79 Å². The van der Waals surface area contributed by atoms with Crippen molar-refractivity contribution in [3.63, 3.8) is 0 Å². The summed E-state index contributed by atoms with van der Waals surface area (Å²) < 4.78 is 5.45. The molecule has 6 nitrogen and oxygen atoms in total. The topological polar surface area (TPSA) is 66.5 Å². The molecule has 0 bridgehead atoms. The van der Waals surface area contributed by atoms with E-state index in [-0.39, 0.29) is 5.91 Å². The van der Waals surface area contributed by atoms with Gasteiger partial charge in [0.1, 0.15) is 11.5 Å². The molecule has 0 spiro atoms. The molecule has 2 fully saturated rings. The van der Waals surface area contributed by atoms with Gasteiger partial charge >= 0.3 is 0 Å². The van der Waals surface area contributed by atoms with Crippen LogP contribution in [0.3, 0.4) is 0 Å². The number of fused-ring (bicyclic) bond motifs is 1. The number of rotatable bonds is 2. The summed E-state index contributed by atoms with van der Waals surface area (Å²) in [6.45, 7) is 4.95. The van der Waals surface area contributed by atoms with Gasteiger partial charge in [-0.05, 0) is 42.9 Å². The van der Waals surface area contributed by atoms with Crippen molar-refractivity contribution >= 4 is 46.0 Å². The van der Waals surface area contributed by atoms with Crippen LogP contribution in [0.25, 0.3) is 17.0 Å². The molecule has 2 aromatic rings. The fourth-order valence-corrected chi connectivity index (χ4v) is 3.26. The highest BCUT2D eigenvalue weighted by Gasteiger charge is 2.22. The number of nitrogens with zero attached hydrogens (tertiary/aromatic N) is 2. The van der Waals surface area contributed by atoms with Gasteiger partial charge in [0.05, 0.1) is 18.7 Å². The Morgan fingerprint density at radius 2 is 2.04 bits per heavy atom. The van der Waals surface area contributed by atoms with Gasteiger partial charge in [-0.15, -0.1) is 0 Å². The van der Waals surface area contributed by atoms with Crippen molar-refractivity contribution in [3.05, 3.63) is 41.1 Å². The highest BCUT2D eigenvalue weighted by molar-refractivity contribution is 7.80. The standard InChI is InChI=1S/C18H18N4O2S/c1-11-2-3-12-9-13(10-15-17(23)21-18(25)20-15)16(19-14(12)8-11)22-4-6-24-7-5-22/h2-3,8-10H,4-7H2,1H3,(H2,20,21,23,25). The van der Waals surface area contributed by atoms with Crippen LogP contribution >= 0.6 is 12.2 Å². The maximum Gasteiger partial charge on any atom is 0.273 e. The molecule has 2 N–H and O–H groups in total. The van der Waals surface area contributed by atoms with Crippen molar-refractivity contribution in [2.75, 3.05) is 31.2 Å². The van der Waals surface area contributed by atoms with E-state index in [1.54, 1.807) is 0 Å². The summed E-state index contributed by atoms with van der Waals surface area (Å²) >= 11 is 5.01. The molecule has 4 rings (SSSR count). The number of ether oxygens (including phenoxy) is 1. The Balaban J connectivity index is 1.85. The Hall–Kier alpha value is -2.51. The van der Waals surface area contributed by atoms with E-state index >= 15 is 0 Å². The Morgan fingerprint density at radius 1 is 1.24 bits per heavy atom. The first-order chi connectivity index (χ1) is 12.1. The molecule has 1 amide bonds. The van der Waals surface area contributed by atoms with Crippen molar-refractivity contribution < 1.29 is 9.53 Å². The lowest BCUT2D eigenvalue weighted by Gasteiger charge is -2.29. The number of pyridine rings is 1. The number of amides is 1. The number of morpholine rings is 1. The van der Waals surface area contributed by atoms with Gasteiger partial charge in [0.25, 0.3) is 5.91 Å². The highest BCUT2D eigenvalue weighted by atomic mass is 32.1. The number of aryl methyl sites for hydroxylation is 1. The predicted octanol–water partition coefficient (Wildman–Crippen LogP) is 1.73. The van der Waals surface area contributed by atoms with Crippen molar-refractivity contribution in [3.8, 4) is 0 Å². The van der Waals surface area contributed by atoms with Crippen molar-refractivity contribution in [1.29, 1.82) is 0 Å². The second kappa shape index (κ2) is 6.42. The predicted molar refractivity (Wildman–Crippen MR) is 101 cm³/mol. The van der Waals surface area contributed by atoms with Gasteiger partial charge in [0, 0.05) is 24.0 Å². The minimum absolute atomic E-state index is 0.220. The Morgan fingerprint density at radius 3 is 2.76 bits per heavy atom. The van der Waals surface area contributed by atoms with Gasteiger partial charge in [0.2, 0.25) is 0 Å². The molecule has 7 heteroatoms. The zero-order valence-electron chi connectivity index (χ0n) is 13.8. The third-order valence-corrected chi connectivity index (χ3v) is 4.52. The molecule has 2 aliphatic rings. The summed E-state index contributed by atoms with van der Waals surface area (Å²) in [6, 6.07) is 8.25.